The van der Waals surface area contributed by atoms with Gasteiger partial charge in [0.05, 0.1) is 21.8 Å². The van der Waals surface area contributed by atoms with Crippen molar-refractivity contribution in [3.8, 4) is 0 Å². The third-order valence-corrected chi connectivity index (χ3v) is 6.30. The number of hydrogen-bond donors (Lipinski definition) is 0. The maximum Gasteiger partial charge on any atom is 0.416 e. The predicted molar refractivity (Wildman–Crippen MR) is 108 cm³/mol. The molecule has 0 bridgehead atoms. The molecule has 2 aliphatic rings. The Balaban J connectivity index is 1.36. The molecule has 0 spiro atoms. The van der Waals surface area contributed by atoms with Gasteiger partial charge >= 0.3 is 12.4 Å². The van der Waals surface area contributed by atoms with E-state index in [4.69, 9.17) is 11.6 Å². The molecule has 172 valence electrons. The van der Waals surface area contributed by atoms with E-state index in [1.807, 2.05) is 0 Å². The lowest BCUT2D eigenvalue weighted by Crippen LogP contribution is -2.49. The van der Waals surface area contributed by atoms with Crippen molar-refractivity contribution < 1.29 is 31.1 Å². The number of carbonyl (C=O) groups is 1. The maximum absolute atomic E-state index is 13.0. The third kappa shape index (κ3) is 4.67. The highest BCUT2D eigenvalue weighted by molar-refractivity contribution is 6.33. The van der Waals surface area contributed by atoms with Gasteiger partial charge in [0, 0.05) is 32.1 Å². The molecule has 0 N–H and O–H groups in total. The molecule has 10 heteroatoms. The number of amides is 1. The lowest BCUT2D eigenvalue weighted by atomic mass is 10.1. The first-order valence-corrected chi connectivity index (χ1v) is 10.4. The van der Waals surface area contributed by atoms with Crippen LogP contribution in [0.25, 0.3) is 0 Å². The van der Waals surface area contributed by atoms with Crippen molar-refractivity contribution in [1.82, 2.24) is 4.90 Å². The van der Waals surface area contributed by atoms with Crippen molar-refractivity contribution in [2.75, 3.05) is 31.1 Å². The van der Waals surface area contributed by atoms with Crippen molar-refractivity contribution in [1.29, 1.82) is 0 Å². The maximum atomic E-state index is 13.0. The van der Waals surface area contributed by atoms with E-state index >= 15 is 0 Å². The average Bonchev–Trinajstić information content (AvgIpc) is 3.53. The van der Waals surface area contributed by atoms with Gasteiger partial charge in [-0.25, -0.2) is 0 Å². The summed E-state index contributed by atoms with van der Waals surface area (Å²) in [4.78, 5) is 16.2. The van der Waals surface area contributed by atoms with Crippen LogP contribution in [0.2, 0.25) is 5.02 Å². The van der Waals surface area contributed by atoms with E-state index in [2.05, 4.69) is 0 Å². The van der Waals surface area contributed by atoms with Crippen LogP contribution in [-0.4, -0.2) is 37.0 Å². The largest absolute Gasteiger partial charge is 0.416 e. The van der Waals surface area contributed by atoms with E-state index in [0.29, 0.717) is 38.2 Å². The second-order valence-corrected chi connectivity index (χ2v) is 8.45. The van der Waals surface area contributed by atoms with Gasteiger partial charge in [0.2, 0.25) is 5.91 Å². The number of rotatable bonds is 3. The summed E-state index contributed by atoms with van der Waals surface area (Å²) in [5, 5.41) is 0.210. The molecule has 1 aliphatic carbocycles. The van der Waals surface area contributed by atoms with Crippen LogP contribution in [0.1, 0.15) is 29.0 Å². The van der Waals surface area contributed by atoms with Crippen LogP contribution in [0.5, 0.6) is 0 Å². The molecule has 1 saturated carbocycles. The fourth-order valence-electron chi connectivity index (χ4n) is 4.09. The fraction of sp³-hybridized carbons (Fsp3) is 0.409. The minimum atomic E-state index is -4.48. The van der Waals surface area contributed by atoms with E-state index < -0.39 is 23.5 Å². The van der Waals surface area contributed by atoms with Crippen molar-refractivity contribution in [3.63, 3.8) is 0 Å². The Morgan fingerprint density at radius 1 is 0.844 bits per heavy atom. The van der Waals surface area contributed by atoms with Crippen molar-refractivity contribution in [2.45, 2.75) is 24.7 Å². The number of alkyl halides is 6. The molecule has 2 fully saturated rings. The molecule has 2 atom stereocenters. The standard InChI is InChI=1S/C22H19ClF6N2O/c23-18-6-5-15(22(27,28)29)11-19(18)30-7-9-31(10-8-30)20(32)17-12-16(17)13-1-3-14(4-2-13)21(24,25)26/h1-6,11,16-17H,7-10,12H2. The Bertz CT molecular complexity index is 997. The smallest absolute Gasteiger partial charge is 0.367 e. The summed E-state index contributed by atoms with van der Waals surface area (Å²) in [7, 11) is 0. The Morgan fingerprint density at radius 2 is 1.41 bits per heavy atom. The van der Waals surface area contributed by atoms with E-state index in [0.717, 1.165) is 24.3 Å². The van der Waals surface area contributed by atoms with Crippen molar-refractivity contribution in [3.05, 3.63) is 64.2 Å². The lowest BCUT2D eigenvalue weighted by Gasteiger charge is -2.37. The van der Waals surface area contributed by atoms with Crippen LogP contribution >= 0.6 is 11.6 Å². The van der Waals surface area contributed by atoms with Gasteiger partial charge in [0.1, 0.15) is 0 Å². The summed E-state index contributed by atoms with van der Waals surface area (Å²) < 4.78 is 77.2. The van der Waals surface area contributed by atoms with Gasteiger partial charge in [-0.2, -0.15) is 26.3 Å². The zero-order valence-electron chi connectivity index (χ0n) is 16.7. The quantitative estimate of drug-likeness (QED) is 0.520. The Morgan fingerprint density at radius 3 is 1.97 bits per heavy atom. The van der Waals surface area contributed by atoms with E-state index in [-0.39, 0.29) is 28.5 Å². The zero-order chi connectivity index (χ0) is 23.3. The molecule has 0 aromatic heterocycles. The van der Waals surface area contributed by atoms with Gasteiger partial charge in [-0.15, -0.1) is 0 Å². The highest BCUT2D eigenvalue weighted by atomic mass is 35.5. The monoisotopic (exact) mass is 476 g/mol. The highest BCUT2D eigenvalue weighted by Crippen LogP contribution is 2.49. The first kappa shape index (κ1) is 22.8. The zero-order valence-corrected chi connectivity index (χ0v) is 17.4. The second-order valence-electron chi connectivity index (χ2n) is 8.04. The molecule has 2 aromatic rings. The molecule has 32 heavy (non-hydrogen) atoms. The normalized spacial score (nSPS) is 21.6. The molecule has 0 radical (unpaired) electrons. The predicted octanol–water partition coefficient (Wildman–Crippen LogP) is 5.83. The van der Waals surface area contributed by atoms with Gasteiger partial charge < -0.3 is 9.80 Å². The highest BCUT2D eigenvalue weighted by Gasteiger charge is 2.46. The number of piperazine rings is 1. The van der Waals surface area contributed by atoms with Crippen LogP contribution in [-0.2, 0) is 17.1 Å². The SMILES string of the molecule is O=C(C1CC1c1ccc(C(F)(F)F)cc1)N1CCN(c2cc(C(F)(F)F)ccc2Cl)CC1. The van der Waals surface area contributed by atoms with Crippen LogP contribution in [0, 0.1) is 5.92 Å². The molecule has 2 unspecified atom stereocenters. The third-order valence-electron chi connectivity index (χ3n) is 5.98. The van der Waals surface area contributed by atoms with Gasteiger partial charge in [0.15, 0.2) is 0 Å². The molecule has 3 nitrogen and oxygen atoms in total. The molecule has 2 aromatic carbocycles. The van der Waals surface area contributed by atoms with Crippen molar-refractivity contribution in [2.24, 2.45) is 5.92 Å². The van der Waals surface area contributed by atoms with Gasteiger partial charge in [-0.1, -0.05) is 23.7 Å². The number of anilines is 1. The average molecular weight is 477 g/mol. The molecule has 1 aliphatic heterocycles. The Labute approximate surface area is 185 Å². The number of hydrogen-bond acceptors (Lipinski definition) is 2. The molecule has 1 amide bonds. The molecule has 4 rings (SSSR count). The van der Waals surface area contributed by atoms with Gasteiger partial charge in [-0.3, -0.25) is 4.79 Å². The first-order valence-electron chi connectivity index (χ1n) is 10.0. The van der Waals surface area contributed by atoms with E-state index in [9.17, 15) is 31.1 Å². The van der Waals surface area contributed by atoms with E-state index in [1.54, 1.807) is 9.80 Å². The number of benzene rings is 2. The lowest BCUT2D eigenvalue weighted by molar-refractivity contribution is -0.138. The number of nitrogens with zero attached hydrogens (tertiary/aromatic N) is 2. The van der Waals surface area contributed by atoms with Crippen LogP contribution in [0.3, 0.4) is 0 Å². The first-order chi connectivity index (χ1) is 14.9. The minimum absolute atomic E-state index is 0.0790. The molecular formula is C22H19ClF6N2O. The van der Waals surface area contributed by atoms with E-state index in [1.165, 1.54) is 18.2 Å². The Hall–Kier alpha value is -2.42. The Kier molecular flexibility index (Phi) is 5.81. The molecule has 1 saturated heterocycles. The fourth-order valence-corrected chi connectivity index (χ4v) is 4.33. The molecule has 1 heterocycles. The summed E-state index contributed by atoms with van der Waals surface area (Å²) >= 11 is 6.11. The second kappa shape index (κ2) is 8.17. The summed E-state index contributed by atoms with van der Waals surface area (Å²) in [6.45, 7) is 1.35. The minimum Gasteiger partial charge on any atom is -0.367 e. The number of carbonyl (C=O) groups excluding carboxylic acids is 1. The summed E-state index contributed by atoms with van der Waals surface area (Å²) in [5.41, 5.74) is -0.532. The van der Waals surface area contributed by atoms with Gasteiger partial charge in [0.25, 0.3) is 0 Å². The summed E-state index contributed by atoms with van der Waals surface area (Å²) in [5.74, 6) is -0.471. The van der Waals surface area contributed by atoms with Crippen LogP contribution in [0.4, 0.5) is 32.0 Å². The van der Waals surface area contributed by atoms with Gasteiger partial charge in [-0.05, 0) is 48.2 Å². The van der Waals surface area contributed by atoms with Crippen LogP contribution in [0.15, 0.2) is 42.5 Å². The molecular weight excluding hydrogens is 458 g/mol. The topological polar surface area (TPSA) is 23.6 Å². The number of halogens is 7. The summed E-state index contributed by atoms with van der Waals surface area (Å²) in [6, 6.07) is 8.03. The van der Waals surface area contributed by atoms with Crippen molar-refractivity contribution >= 4 is 23.2 Å². The van der Waals surface area contributed by atoms with Crippen LogP contribution < -0.4 is 4.90 Å². The summed E-state index contributed by atoms with van der Waals surface area (Å²) in [6.07, 6.45) is -8.31.